The number of hydrogen-bond donors (Lipinski definition) is 0. The largest absolute Gasteiger partial charge is 0.452 e. The fraction of sp³-hybridized carbons (Fsp3) is 0.487. The Labute approximate surface area is 268 Å². The van der Waals surface area contributed by atoms with Crippen molar-refractivity contribution in [1.29, 1.82) is 0 Å². The molecule has 0 radical (unpaired) electrons. The van der Waals surface area contributed by atoms with Crippen molar-refractivity contribution in [2.75, 3.05) is 0 Å². The number of ether oxygens (including phenoxy) is 2. The van der Waals surface area contributed by atoms with Crippen LogP contribution in [0.1, 0.15) is 114 Å². The van der Waals surface area contributed by atoms with Crippen molar-refractivity contribution in [3.63, 3.8) is 0 Å². The Morgan fingerprint density at radius 2 is 1.07 bits per heavy atom. The van der Waals surface area contributed by atoms with Gasteiger partial charge in [0, 0.05) is 43.5 Å². The SMILES string of the molecule is CCCCCCCCC1(CCCCCCCC)Oc2cc(C)ccc2-c2ccc(-c3ccc(-c4ccc(C)s4)s3)cc2O1. The predicted molar refractivity (Wildman–Crippen MR) is 188 cm³/mol. The Balaban J connectivity index is 1.45. The molecule has 2 aromatic heterocycles. The van der Waals surface area contributed by atoms with Gasteiger partial charge in [0.25, 0.3) is 5.79 Å². The van der Waals surface area contributed by atoms with Crippen LogP contribution in [-0.2, 0) is 0 Å². The van der Waals surface area contributed by atoms with Gasteiger partial charge in [-0.15, -0.1) is 22.7 Å². The molecule has 43 heavy (non-hydrogen) atoms. The zero-order valence-corrected chi connectivity index (χ0v) is 28.4. The molecule has 0 bridgehead atoms. The Morgan fingerprint density at radius 3 is 1.70 bits per heavy atom. The minimum Gasteiger partial charge on any atom is -0.452 e. The summed E-state index contributed by atoms with van der Waals surface area (Å²) in [5.41, 5.74) is 4.71. The quantitative estimate of drug-likeness (QED) is 0.117. The smallest absolute Gasteiger partial charge is 0.251 e. The number of thiophene rings is 2. The minimum absolute atomic E-state index is 0.642. The molecular weight excluding hydrogens is 565 g/mol. The topological polar surface area (TPSA) is 18.5 Å². The van der Waals surface area contributed by atoms with Crippen molar-refractivity contribution in [3.8, 4) is 42.8 Å². The number of benzene rings is 2. The van der Waals surface area contributed by atoms with Gasteiger partial charge in [0.2, 0.25) is 0 Å². The van der Waals surface area contributed by atoms with Crippen molar-refractivity contribution in [1.82, 2.24) is 0 Å². The van der Waals surface area contributed by atoms with Gasteiger partial charge in [-0.2, -0.15) is 0 Å². The number of hydrogen-bond acceptors (Lipinski definition) is 4. The number of fused-ring (bicyclic) bond motifs is 3. The molecule has 5 rings (SSSR count). The van der Waals surface area contributed by atoms with Crippen LogP contribution in [0.2, 0.25) is 0 Å². The van der Waals surface area contributed by atoms with Crippen LogP contribution >= 0.6 is 22.7 Å². The van der Waals surface area contributed by atoms with Crippen LogP contribution in [-0.4, -0.2) is 5.79 Å². The van der Waals surface area contributed by atoms with Gasteiger partial charge in [-0.3, -0.25) is 0 Å². The average molecular weight is 615 g/mol. The first-order valence-corrected chi connectivity index (χ1v) is 18.4. The third kappa shape index (κ3) is 8.34. The molecule has 0 saturated heterocycles. The molecule has 0 aliphatic carbocycles. The van der Waals surface area contributed by atoms with E-state index in [-0.39, 0.29) is 0 Å². The van der Waals surface area contributed by atoms with Crippen molar-refractivity contribution in [2.45, 2.75) is 123 Å². The molecule has 230 valence electrons. The van der Waals surface area contributed by atoms with Crippen molar-refractivity contribution >= 4 is 22.7 Å². The third-order valence-electron chi connectivity index (χ3n) is 8.70. The summed E-state index contributed by atoms with van der Waals surface area (Å²) in [5.74, 6) is 1.28. The second-order valence-corrected chi connectivity index (χ2v) is 14.8. The molecule has 0 amide bonds. The summed E-state index contributed by atoms with van der Waals surface area (Å²) in [7, 11) is 0. The monoisotopic (exact) mass is 614 g/mol. The second kappa shape index (κ2) is 15.4. The molecule has 1 aliphatic heterocycles. The van der Waals surface area contributed by atoms with Crippen LogP contribution in [0.15, 0.2) is 60.7 Å². The molecule has 0 saturated carbocycles. The van der Waals surface area contributed by atoms with Gasteiger partial charge in [-0.05, 0) is 80.3 Å². The van der Waals surface area contributed by atoms with Gasteiger partial charge in [0.1, 0.15) is 11.5 Å². The lowest BCUT2D eigenvalue weighted by molar-refractivity contribution is -0.125. The number of unbranched alkanes of at least 4 members (excludes halogenated alkanes) is 10. The standard InChI is InChI=1S/C39H50O2S2/c1-5-7-9-11-13-15-25-39(26-16-14-12-10-8-6-2)40-34-27-29(3)17-20-32(34)33-21-19-31(28-35(33)41-39)36-23-24-38(43-36)37-22-18-30(4)42-37/h17-24,27-28H,5-16,25-26H2,1-4H3. The van der Waals surface area contributed by atoms with Gasteiger partial charge in [0.05, 0.1) is 0 Å². The van der Waals surface area contributed by atoms with Gasteiger partial charge >= 0.3 is 0 Å². The number of aryl methyl sites for hydroxylation is 2. The second-order valence-electron chi connectivity index (χ2n) is 12.4. The Morgan fingerprint density at radius 1 is 0.535 bits per heavy atom. The average Bonchev–Trinajstić information content (AvgIpc) is 3.64. The minimum atomic E-state index is -0.642. The van der Waals surface area contributed by atoms with Gasteiger partial charge in [-0.25, -0.2) is 0 Å². The highest BCUT2D eigenvalue weighted by Crippen LogP contribution is 2.48. The van der Waals surface area contributed by atoms with Crippen molar-refractivity contribution in [3.05, 3.63) is 71.1 Å². The zero-order chi connectivity index (χ0) is 30.1. The highest BCUT2D eigenvalue weighted by atomic mass is 32.1. The summed E-state index contributed by atoms with van der Waals surface area (Å²) in [6.07, 6.45) is 17.0. The highest BCUT2D eigenvalue weighted by Gasteiger charge is 2.38. The fourth-order valence-corrected chi connectivity index (χ4v) is 8.17. The predicted octanol–water partition coefficient (Wildman–Crippen LogP) is 13.4. The Hall–Kier alpha value is -2.56. The molecule has 0 N–H and O–H groups in total. The molecule has 3 heterocycles. The highest BCUT2D eigenvalue weighted by molar-refractivity contribution is 7.23. The lowest BCUT2D eigenvalue weighted by Crippen LogP contribution is -2.42. The lowest BCUT2D eigenvalue weighted by Gasteiger charge is -2.34. The van der Waals surface area contributed by atoms with Gasteiger partial charge in [0.15, 0.2) is 0 Å². The summed E-state index contributed by atoms with van der Waals surface area (Å²) in [4.78, 5) is 5.30. The van der Waals surface area contributed by atoms with E-state index in [4.69, 9.17) is 9.47 Å². The third-order valence-corrected chi connectivity index (χ3v) is 11.0. The van der Waals surface area contributed by atoms with E-state index in [9.17, 15) is 0 Å². The van der Waals surface area contributed by atoms with Gasteiger partial charge < -0.3 is 9.47 Å². The molecule has 0 fully saturated rings. The maximum atomic E-state index is 7.16. The molecule has 0 atom stereocenters. The summed E-state index contributed by atoms with van der Waals surface area (Å²) in [6, 6.07) is 22.4. The first kappa shape index (κ1) is 31.9. The fourth-order valence-electron chi connectivity index (χ4n) is 6.21. The van der Waals surface area contributed by atoms with Gasteiger partial charge in [-0.1, -0.05) is 96.3 Å². The Kier molecular flexibility index (Phi) is 11.4. The van der Waals surface area contributed by atoms with E-state index in [2.05, 4.69) is 88.4 Å². The van der Waals surface area contributed by atoms with Crippen LogP contribution in [0.3, 0.4) is 0 Å². The lowest BCUT2D eigenvalue weighted by atomic mass is 9.98. The molecule has 0 unspecified atom stereocenters. The Bertz CT molecular complexity index is 1430. The molecule has 2 aromatic carbocycles. The molecule has 0 spiro atoms. The summed E-state index contributed by atoms with van der Waals surface area (Å²) in [5, 5.41) is 0. The normalized spacial score (nSPS) is 13.6. The summed E-state index contributed by atoms with van der Waals surface area (Å²) < 4.78 is 14.2. The molecule has 1 aliphatic rings. The van der Waals surface area contributed by atoms with Crippen LogP contribution < -0.4 is 9.47 Å². The maximum absolute atomic E-state index is 7.16. The zero-order valence-electron chi connectivity index (χ0n) is 26.8. The molecule has 4 aromatic rings. The van der Waals surface area contributed by atoms with E-state index in [0.717, 1.165) is 48.3 Å². The van der Waals surface area contributed by atoms with Crippen LogP contribution in [0.25, 0.3) is 31.3 Å². The first-order chi connectivity index (χ1) is 21.0. The first-order valence-electron chi connectivity index (χ1n) is 16.8. The van der Waals surface area contributed by atoms with E-state index in [1.165, 1.54) is 94.8 Å². The molecule has 4 heteroatoms. The van der Waals surface area contributed by atoms with Crippen LogP contribution in [0, 0.1) is 13.8 Å². The summed E-state index contributed by atoms with van der Waals surface area (Å²) >= 11 is 3.73. The van der Waals surface area contributed by atoms with Crippen LogP contribution in [0.5, 0.6) is 11.5 Å². The molecule has 2 nitrogen and oxygen atoms in total. The van der Waals surface area contributed by atoms with Crippen molar-refractivity contribution in [2.24, 2.45) is 0 Å². The van der Waals surface area contributed by atoms with E-state index in [1.807, 2.05) is 22.7 Å². The number of rotatable bonds is 16. The van der Waals surface area contributed by atoms with E-state index in [0.29, 0.717) is 0 Å². The van der Waals surface area contributed by atoms with Crippen LogP contribution in [0.4, 0.5) is 0 Å². The molecular formula is C39H50O2S2. The van der Waals surface area contributed by atoms with E-state index in [1.54, 1.807) is 0 Å². The van der Waals surface area contributed by atoms with E-state index >= 15 is 0 Å². The summed E-state index contributed by atoms with van der Waals surface area (Å²) in [6.45, 7) is 8.91. The van der Waals surface area contributed by atoms with Crippen molar-refractivity contribution < 1.29 is 9.47 Å². The van der Waals surface area contributed by atoms with E-state index < -0.39 is 5.79 Å². The maximum Gasteiger partial charge on any atom is 0.251 e.